The zero-order valence-corrected chi connectivity index (χ0v) is 19.5. The summed E-state index contributed by atoms with van der Waals surface area (Å²) in [5.41, 5.74) is 3.93. The number of carbonyl (C=O) groups excluding carboxylic acids is 1. The molecule has 0 atom stereocenters. The summed E-state index contributed by atoms with van der Waals surface area (Å²) < 4.78 is 30.9. The van der Waals surface area contributed by atoms with Gasteiger partial charge in [-0.1, -0.05) is 20.8 Å². The first-order valence-electron chi connectivity index (χ1n) is 9.75. The Bertz CT molecular complexity index is 1070. The number of ketones is 1. The van der Waals surface area contributed by atoms with Crippen LogP contribution in [0.1, 0.15) is 66.2 Å². The molecule has 8 heteroatoms. The maximum atomic E-state index is 13.5. The van der Waals surface area contributed by atoms with Gasteiger partial charge in [-0.3, -0.25) is 4.79 Å². The predicted molar refractivity (Wildman–Crippen MR) is 116 cm³/mol. The molecular formula is C21H28N2O4S2. The summed E-state index contributed by atoms with van der Waals surface area (Å²) in [6.45, 7) is 10.2. The number of carbonyl (C=O) groups is 1. The topological polar surface area (TPSA) is 78.3 Å². The summed E-state index contributed by atoms with van der Waals surface area (Å²) >= 11 is 1.84. The number of nitrogens with zero attached hydrogens (tertiary/aromatic N) is 2. The second-order valence-electron chi connectivity index (χ2n) is 8.21. The van der Waals surface area contributed by atoms with Crippen molar-refractivity contribution in [1.29, 1.82) is 0 Å². The Balaban J connectivity index is 2.11. The molecule has 29 heavy (non-hydrogen) atoms. The normalized spacial score (nSPS) is 15.8. The molecule has 0 bridgehead atoms. The molecule has 0 aliphatic carbocycles. The Kier molecular flexibility index (Phi) is 5.89. The number of benzene rings is 1. The van der Waals surface area contributed by atoms with Crippen molar-refractivity contribution in [3.63, 3.8) is 0 Å². The van der Waals surface area contributed by atoms with Crippen LogP contribution in [0.4, 0.5) is 0 Å². The SMILES string of the molecule is CCCS(=O)(=O)Oc1c(C(=O)c2cc(C)c3c(c2C)C(C)(C)CCS3)cnn1C. The molecule has 158 valence electrons. The van der Waals surface area contributed by atoms with Crippen LogP contribution in [0.5, 0.6) is 5.88 Å². The summed E-state index contributed by atoms with van der Waals surface area (Å²) in [4.78, 5) is 14.7. The summed E-state index contributed by atoms with van der Waals surface area (Å²) in [5.74, 6) is 0.638. The highest BCUT2D eigenvalue weighted by Gasteiger charge is 2.33. The van der Waals surface area contributed by atoms with Crippen molar-refractivity contribution in [2.75, 3.05) is 11.5 Å². The lowest BCUT2D eigenvalue weighted by Crippen LogP contribution is -2.26. The van der Waals surface area contributed by atoms with E-state index in [2.05, 4.69) is 18.9 Å². The Morgan fingerprint density at radius 1 is 1.31 bits per heavy atom. The van der Waals surface area contributed by atoms with Gasteiger partial charge in [-0.15, -0.1) is 11.8 Å². The van der Waals surface area contributed by atoms with Gasteiger partial charge >= 0.3 is 10.1 Å². The van der Waals surface area contributed by atoms with Gasteiger partial charge < -0.3 is 4.18 Å². The lowest BCUT2D eigenvalue weighted by molar-refractivity contribution is 0.103. The second kappa shape index (κ2) is 7.80. The molecule has 1 aliphatic rings. The molecule has 0 saturated carbocycles. The third-order valence-electron chi connectivity index (χ3n) is 5.41. The molecule has 0 saturated heterocycles. The molecular weight excluding hydrogens is 408 g/mol. The largest absolute Gasteiger partial charge is 0.361 e. The van der Waals surface area contributed by atoms with Crippen LogP contribution in [0.25, 0.3) is 0 Å². The van der Waals surface area contributed by atoms with E-state index in [1.807, 2.05) is 31.7 Å². The maximum absolute atomic E-state index is 13.5. The quantitative estimate of drug-likeness (QED) is 0.500. The fourth-order valence-corrected chi connectivity index (χ4v) is 6.60. The van der Waals surface area contributed by atoms with Gasteiger partial charge in [0.2, 0.25) is 5.88 Å². The van der Waals surface area contributed by atoms with E-state index in [1.54, 1.807) is 14.0 Å². The zero-order valence-electron chi connectivity index (χ0n) is 17.8. The fourth-order valence-electron chi connectivity index (χ4n) is 3.90. The highest BCUT2D eigenvalue weighted by molar-refractivity contribution is 7.99. The summed E-state index contributed by atoms with van der Waals surface area (Å²) in [5, 5.41) is 4.08. The molecule has 1 aromatic heterocycles. The predicted octanol–water partition coefficient (Wildman–Crippen LogP) is 4.16. The van der Waals surface area contributed by atoms with Gasteiger partial charge in [0.15, 0.2) is 5.78 Å². The van der Waals surface area contributed by atoms with Gasteiger partial charge in [-0.25, -0.2) is 4.68 Å². The number of aryl methyl sites for hydroxylation is 2. The van der Waals surface area contributed by atoms with Gasteiger partial charge in [0.25, 0.3) is 0 Å². The van der Waals surface area contributed by atoms with E-state index in [0.29, 0.717) is 12.0 Å². The highest BCUT2D eigenvalue weighted by Crippen LogP contribution is 2.46. The van der Waals surface area contributed by atoms with Crippen LogP contribution in [0, 0.1) is 13.8 Å². The average Bonchev–Trinajstić information content (AvgIpc) is 2.96. The minimum atomic E-state index is -3.78. The number of thioether (sulfide) groups is 1. The monoisotopic (exact) mass is 436 g/mol. The smallest absolute Gasteiger partial charge is 0.310 e. The van der Waals surface area contributed by atoms with Gasteiger partial charge in [0.1, 0.15) is 5.56 Å². The molecule has 0 N–H and O–H groups in total. The average molecular weight is 437 g/mol. The van der Waals surface area contributed by atoms with Crippen molar-refractivity contribution in [2.24, 2.45) is 7.05 Å². The molecule has 0 amide bonds. The fraction of sp³-hybridized carbons (Fsp3) is 0.524. The lowest BCUT2D eigenvalue weighted by Gasteiger charge is -2.35. The zero-order chi connectivity index (χ0) is 21.6. The van der Waals surface area contributed by atoms with Crippen LogP contribution in [0.15, 0.2) is 17.2 Å². The van der Waals surface area contributed by atoms with E-state index >= 15 is 0 Å². The Morgan fingerprint density at radius 3 is 2.66 bits per heavy atom. The van der Waals surface area contributed by atoms with Crippen molar-refractivity contribution >= 4 is 27.7 Å². The molecule has 0 radical (unpaired) electrons. The van der Waals surface area contributed by atoms with Gasteiger partial charge in [0, 0.05) is 17.5 Å². The van der Waals surface area contributed by atoms with Crippen LogP contribution in [-0.4, -0.2) is 35.5 Å². The molecule has 1 aliphatic heterocycles. The van der Waals surface area contributed by atoms with E-state index in [-0.39, 0.29) is 28.4 Å². The Morgan fingerprint density at radius 2 is 2.00 bits per heavy atom. The maximum Gasteiger partial charge on any atom is 0.310 e. The molecule has 3 rings (SSSR count). The number of rotatable bonds is 6. The minimum Gasteiger partial charge on any atom is -0.361 e. The van der Waals surface area contributed by atoms with Crippen LogP contribution < -0.4 is 4.18 Å². The van der Waals surface area contributed by atoms with Crippen molar-refractivity contribution in [1.82, 2.24) is 9.78 Å². The first kappa shape index (κ1) is 21.9. The lowest BCUT2D eigenvalue weighted by atomic mass is 9.77. The molecule has 2 heterocycles. The van der Waals surface area contributed by atoms with Crippen molar-refractivity contribution < 1.29 is 17.4 Å². The number of hydrogen-bond donors (Lipinski definition) is 0. The van der Waals surface area contributed by atoms with E-state index in [1.165, 1.54) is 21.3 Å². The van der Waals surface area contributed by atoms with Gasteiger partial charge in [0.05, 0.1) is 11.9 Å². The van der Waals surface area contributed by atoms with Crippen LogP contribution in [-0.2, 0) is 22.6 Å². The second-order valence-corrected chi connectivity index (χ2v) is 11.0. The molecule has 2 aromatic rings. The van der Waals surface area contributed by atoms with E-state index in [9.17, 15) is 13.2 Å². The Hall–Kier alpha value is -1.80. The first-order valence-corrected chi connectivity index (χ1v) is 12.3. The molecule has 6 nitrogen and oxygen atoms in total. The molecule has 0 fully saturated rings. The van der Waals surface area contributed by atoms with Crippen molar-refractivity contribution in [3.05, 3.63) is 40.1 Å². The third-order valence-corrected chi connectivity index (χ3v) is 7.95. The molecule has 1 aromatic carbocycles. The van der Waals surface area contributed by atoms with Gasteiger partial charge in [-0.2, -0.15) is 13.5 Å². The number of fused-ring (bicyclic) bond motifs is 1. The number of hydrogen-bond acceptors (Lipinski definition) is 6. The minimum absolute atomic E-state index is 0.0234. The first-order chi connectivity index (χ1) is 13.5. The van der Waals surface area contributed by atoms with E-state index in [4.69, 9.17) is 4.18 Å². The Labute approximate surface area is 177 Å². The summed E-state index contributed by atoms with van der Waals surface area (Å²) in [6.07, 6.45) is 2.85. The summed E-state index contributed by atoms with van der Waals surface area (Å²) in [6, 6.07) is 1.90. The number of aromatic nitrogens is 2. The molecule has 0 unspecified atom stereocenters. The van der Waals surface area contributed by atoms with Gasteiger partial charge in [-0.05, 0) is 60.6 Å². The van der Waals surface area contributed by atoms with Crippen molar-refractivity contribution in [2.45, 2.75) is 57.8 Å². The highest BCUT2D eigenvalue weighted by atomic mass is 32.2. The summed E-state index contributed by atoms with van der Waals surface area (Å²) in [7, 11) is -2.22. The molecule has 0 spiro atoms. The van der Waals surface area contributed by atoms with Crippen LogP contribution in [0.2, 0.25) is 0 Å². The third kappa shape index (κ3) is 4.10. The van der Waals surface area contributed by atoms with E-state index < -0.39 is 10.1 Å². The van der Waals surface area contributed by atoms with E-state index in [0.717, 1.165) is 23.3 Å². The van der Waals surface area contributed by atoms with Crippen LogP contribution in [0.3, 0.4) is 0 Å². The van der Waals surface area contributed by atoms with Crippen molar-refractivity contribution in [3.8, 4) is 5.88 Å². The standard InChI is InChI=1S/C21H28N2O4S2/c1-7-10-29(25,26)27-20-16(12-22-23(20)6)18(24)15-11-13(2)19-17(14(15)3)21(4,5)8-9-28-19/h11-12H,7-10H2,1-6H3. The van der Waals surface area contributed by atoms with Crippen LogP contribution >= 0.6 is 11.8 Å².